The summed E-state index contributed by atoms with van der Waals surface area (Å²) in [6, 6.07) is 7.94. The molecule has 6 nitrogen and oxygen atoms in total. The van der Waals surface area contributed by atoms with Crippen molar-refractivity contribution in [1.29, 1.82) is 0 Å². The number of aliphatic carboxylic acids is 2. The molecule has 1 heterocycles. The highest BCUT2D eigenvalue weighted by Crippen LogP contribution is 2.34. The zero-order valence-corrected chi connectivity index (χ0v) is 12.9. The number of imidazole rings is 1. The van der Waals surface area contributed by atoms with Crippen molar-refractivity contribution in [3.8, 4) is 0 Å². The maximum atomic E-state index is 10.9. The van der Waals surface area contributed by atoms with Crippen molar-refractivity contribution in [1.82, 2.24) is 9.97 Å². The van der Waals surface area contributed by atoms with E-state index in [0.717, 1.165) is 11.0 Å². The van der Waals surface area contributed by atoms with Crippen LogP contribution in [-0.2, 0) is 9.59 Å². The normalized spacial score (nSPS) is 20.1. The smallest absolute Gasteiger partial charge is 0.331 e. The van der Waals surface area contributed by atoms with E-state index >= 15 is 0 Å². The average molecular weight is 314 g/mol. The van der Waals surface area contributed by atoms with Crippen molar-refractivity contribution >= 4 is 23.0 Å². The van der Waals surface area contributed by atoms with Crippen LogP contribution < -0.4 is 0 Å². The van der Waals surface area contributed by atoms with Gasteiger partial charge in [0, 0.05) is 5.57 Å². The lowest BCUT2D eigenvalue weighted by atomic mass is 9.78. The zero-order valence-electron chi connectivity index (χ0n) is 12.9. The minimum atomic E-state index is -1.09. The summed E-state index contributed by atoms with van der Waals surface area (Å²) in [6.07, 6.45) is 4.83. The first-order valence-corrected chi connectivity index (χ1v) is 7.07. The second-order valence-electron chi connectivity index (χ2n) is 5.68. The number of aromatic nitrogens is 2. The van der Waals surface area contributed by atoms with E-state index in [0.29, 0.717) is 5.57 Å². The molecular formula is C17H18N2O4. The third-order valence-electron chi connectivity index (χ3n) is 3.60. The van der Waals surface area contributed by atoms with E-state index in [2.05, 4.69) is 9.97 Å². The number of fused-ring (bicyclic) bond motifs is 1. The zero-order chi connectivity index (χ0) is 17.0. The Morgan fingerprint density at radius 2 is 1.96 bits per heavy atom. The van der Waals surface area contributed by atoms with E-state index < -0.39 is 17.4 Å². The summed E-state index contributed by atoms with van der Waals surface area (Å²) >= 11 is 0. The second-order valence-corrected chi connectivity index (χ2v) is 5.68. The standard InChI is InChI=1S/C10H12O4.C7H6N2/c1-6-3-7(8(11)12)5-10(2,4-6)9(13)14;1-2-4-7-6(3-1)8-5-9-7/h3-4H,5H2,1-2H3,(H,11,12)(H,13,14);1-5H,(H,8,9). The number of carboxylic acid groups (broad SMARTS) is 2. The van der Waals surface area contributed by atoms with Crippen LogP contribution >= 0.6 is 0 Å². The fourth-order valence-corrected chi connectivity index (χ4v) is 2.47. The molecule has 1 atom stereocenters. The summed E-state index contributed by atoms with van der Waals surface area (Å²) in [4.78, 5) is 28.7. The fourth-order valence-electron chi connectivity index (χ4n) is 2.47. The lowest BCUT2D eigenvalue weighted by molar-refractivity contribution is -0.145. The second kappa shape index (κ2) is 6.48. The number of para-hydroxylation sites is 2. The summed E-state index contributed by atoms with van der Waals surface area (Å²) in [6.45, 7) is 3.22. The summed E-state index contributed by atoms with van der Waals surface area (Å²) in [5.74, 6) is -2.05. The minimum Gasteiger partial charge on any atom is -0.481 e. The molecule has 0 saturated heterocycles. The molecule has 0 aliphatic heterocycles. The number of aromatic amines is 1. The van der Waals surface area contributed by atoms with E-state index in [1.165, 1.54) is 13.0 Å². The third-order valence-corrected chi connectivity index (χ3v) is 3.60. The summed E-state index contributed by atoms with van der Waals surface area (Å²) in [5.41, 5.74) is 1.86. The predicted molar refractivity (Wildman–Crippen MR) is 85.9 cm³/mol. The molecule has 3 N–H and O–H groups in total. The predicted octanol–water partition coefficient (Wildman–Crippen LogP) is 3.00. The highest BCUT2D eigenvalue weighted by molar-refractivity contribution is 5.90. The number of hydrogen-bond acceptors (Lipinski definition) is 3. The number of allylic oxidation sites excluding steroid dienone is 2. The molecule has 1 aliphatic carbocycles. The minimum absolute atomic E-state index is 0.0367. The molecule has 120 valence electrons. The van der Waals surface area contributed by atoms with Gasteiger partial charge in [0.1, 0.15) is 0 Å². The first-order valence-electron chi connectivity index (χ1n) is 7.07. The number of nitrogens with one attached hydrogen (secondary N) is 1. The first-order chi connectivity index (χ1) is 10.8. The molecule has 23 heavy (non-hydrogen) atoms. The van der Waals surface area contributed by atoms with Crippen LogP contribution in [0.25, 0.3) is 11.0 Å². The summed E-state index contributed by atoms with van der Waals surface area (Å²) in [5, 5.41) is 17.7. The van der Waals surface area contributed by atoms with Crippen molar-refractivity contribution in [2.24, 2.45) is 5.41 Å². The Balaban J connectivity index is 0.000000182. The Morgan fingerprint density at radius 1 is 1.26 bits per heavy atom. The summed E-state index contributed by atoms with van der Waals surface area (Å²) in [7, 11) is 0. The lowest BCUT2D eigenvalue weighted by Crippen LogP contribution is -2.29. The van der Waals surface area contributed by atoms with Crippen LogP contribution in [0.1, 0.15) is 20.3 Å². The van der Waals surface area contributed by atoms with Gasteiger partial charge in [-0.15, -0.1) is 0 Å². The van der Waals surface area contributed by atoms with Crippen LogP contribution in [0.2, 0.25) is 0 Å². The highest BCUT2D eigenvalue weighted by Gasteiger charge is 2.35. The molecule has 1 aromatic carbocycles. The van der Waals surface area contributed by atoms with Gasteiger partial charge in [-0.05, 0) is 38.5 Å². The van der Waals surface area contributed by atoms with Crippen molar-refractivity contribution in [3.05, 3.63) is 53.9 Å². The van der Waals surface area contributed by atoms with Gasteiger partial charge in [0.05, 0.1) is 22.8 Å². The molecule has 0 fully saturated rings. The topological polar surface area (TPSA) is 103 Å². The van der Waals surface area contributed by atoms with Crippen LogP contribution in [0, 0.1) is 5.41 Å². The quantitative estimate of drug-likeness (QED) is 0.790. The largest absolute Gasteiger partial charge is 0.481 e. The number of carboxylic acids is 2. The Kier molecular flexibility index (Phi) is 4.64. The maximum absolute atomic E-state index is 10.9. The molecule has 2 aromatic rings. The van der Waals surface area contributed by atoms with Gasteiger partial charge in [0.2, 0.25) is 0 Å². The molecule has 3 rings (SSSR count). The monoisotopic (exact) mass is 314 g/mol. The Bertz CT molecular complexity index is 774. The van der Waals surface area contributed by atoms with Crippen molar-refractivity contribution < 1.29 is 19.8 Å². The van der Waals surface area contributed by atoms with E-state index in [4.69, 9.17) is 10.2 Å². The highest BCUT2D eigenvalue weighted by atomic mass is 16.4. The molecule has 1 aromatic heterocycles. The number of hydrogen-bond donors (Lipinski definition) is 3. The van der Waals surface area contributed by atoms with Crippen LogP contribution in [0.5, 0.6) is 0 Å². The van der Waals surface area contributed by atoms with Crippen LogP contribution in [0.4, 0.5) is 0 Å². The molecule has 6 heteroatoms. The number of carbonyl (C=O) groups is 2. The van der Waals surface area contributed by atoms with Crippen molar-refractivity contribution in [2.75, 3.05) is 0 Å². The molecule has 0 saturated carbocycles. The third kappa shape index (κ3) is 3.85. The van der Waals surface area contributed by atoms with Gasteiger partial charge in [-0.2, -0.15) is 0 Å². The van der Waals surface area contributed by atoms with Gasteiger partial charge in [-0.1, -0.05) is 23.8 Å². The van der Waals surface area contributed by atoms with Gasteiger partial charge in [-0.3, -0.25) is 4.79 Å². The average Bonchev–Trinajstić information content (AvgIpc) is 2.95. The maximum Gasteiger partial charge on any atom is 0.331 e. The fraction of sp³-hybridized carbons (Fsp3) is 0.235. The Morgan fingerprint density at radius 3 is 2.57 bits per heavy atom. The van der Waals surface area contributed by atoms with Crippen LogP contribution in [0.3, 0.4) is 0 Å². The molecule has 0 radical (unpaired) electrons. The van der Waals surface area contributed by atoms with E-state index in [1.54, 1.807) is 19.3 Å². The lowest BCUT2D eigenvalue weighted by Gasteiger charge is -2.25. The molecule has 0 bridgehead atoms. The van der Waals surface area contributed by atoms with Gasteiger partial charge >= 0.3 is 11.9 Å². The number of benzene rings is 1. The van der Waals surface area contributed by atoms with Crippen LogP contribution in [-0.4, -0.2) is 32.1 Å². The van der Waals surface area contributed by atoms with Gasteiger partial charge < -0.3 is 15.2 Å². The molecular weight excluding hydrogens is 296 g/mol. The molecule has 0 amide bonds. The van der Waals surface area contributed by atoms with Gasteiger partial charge in [-0.25, -0.2) is 9.78 Å². The van der Waals surface area contributed by atoms with Crippen LogP contribution in [0.15, 0.2) is 53.9 Å². The summed E-state index contributed by atoms with van der Waals surface area (Å²) < 4.78 is 0. The van der Waals surface area contributed by atoms with Crippen molar-refractivity contribution in [2.45, 2.75) is 20.3 Å². The number of rotatable bonds is 2. The molecule has 1 aliphatic rings. The number of H-pyrrole nitrogens is 1. The van der Waals surface area contributed by atoms with Crippen molar-refractivity contribution in [3.63, 3.8) is 0 Å². The van der Waals surface area contributed by atoms with E-state index in [9.17, 15) is 9.59 Å². The SMILES string of the molecule is CC1=CC(C)(C(=O)O)CC(C(=O)O)=C1.c1ccc2[nH]cnc2c1. The number of nitrogens with zero attached hydrogens (tertiary/aromatic N) is 1. The molecule has 0 spiro atoms. The van der Waals surface area contributed by atoms with Gasteiger partial charge in [0.15, 0.2) is 0 Å². The van der Waals surface area contributed by atoms with E-state index in [-0.39, 0.29) is 12.0 Å². The Hall–Kier alpha value is -2.89. The molecule has 1 unspecified atom stereocenters. The Labute approximate surface area is 133 Å². The first kappa shape index (κ1) is 16.5. The van der Waals surface area contributed by atoms with Gasteiger partial charge in [0.25, 0.3) is 0 Å². The van der Waals surface area contributed by atoms with E-state index in [1.807, 2.05) is 24.3 Å².